The van der Waals surface area contributed by atoms with E-state index in [1.165, 1.54) is 6.08 Å². The normalized spacial score (nSPS) is 12.0. The van der Waals surface area contributed by atoms with E-state index in [1.807, 2.05) is 30.3 Å². The van der Waals surface area contributed by atoms with E-state index in [4.69, 9.17) is 0 Å². The summed E-state index contributed by atoms with van der Waals surface area (Å²) in [5, 5.41) is 7.96. The Morgan fingerprint density at radius 2 is 1.54 bits per heavy atom. The molecule has 6 nitrogen and oxygen atoms in total. The fraction of sp³-hybridized carbons (Fsp3) is 0.389. The molecule has 1 rings (SSSR count). The van der Waals surface area contributed by atoms with E-state index in [0.29, 0.717) is 13.1 Å². The van der Waals surface area contributed by atoms with Crippen molar-refractivity contribution < 1.29 is 14.4 Å². The molecule has 0 saturated heterocycles. The SMILES string of the molecule is CC(C)C(=O)NCCNC(=O)C(C)NC(=O)C=Cc1ccccc1. The third-order valence-electron chi connectivity index (χ3n) is 3.23. The van der Waals surface area contributed by atoms with Gasteiger partial charge in [-0.3, -0.25) is 14.4 Å². The lowest BCUT2D eigenvalue weighted by Gasteiger charge is -2.13. The highest BCUT2D eigenvalue weighted by Gasteiger charge is 2.13. The van der Waals surface area contributed by atoms with Crippen LogP contribution in [0.5, 0.6) is 0 Å². The standard InChI is InChI=1S/C18H25N3O3/c1-13(2)17(23)19-11-12-20-18(24)14(3)21-16(22)10-9-15-7-5-4-6-8-15/h4-10,13-14H,11-12H2,1-3H3,(H,19,23)(H,20,24)(H,21,22). The molecule has 0 aliphatic carbocycles. The topological polar surface area (TPSA) is 87.3 Å². The van der Waals surface area contributed by atoms with Crippen molar-refractivity contribution in [1.29, 1.82) is 0 Å². The highest BCUT2D eigenvalue weighted by Crippen LogP contribution is 2.00. The van der Waals surface area contributed by atoms with E-state index in [2.05, 4.69) is 16.0 Å². The molecule has 1 aromatic carbocycles. The van der Waals surface area contributed by atoms with Gasteiger partial charge in [-0.2, -0.15) is 0 Å². The maximum atomic E-state index is 11.9. The Kier molecular flexibility index (Phi) is 8.25. The zero-order valence-electron chi connectivity index (χ0n) is 14.3. The molecule has 0 heterocycles. The maximum absolute atomic E-state index is 11.9. The van der Waals surface area contributed by atoms with E-state index >= 15 is 0 Å². The maximum Gasteiger partial charge on any atom is 0.244 e. The lowest BCUT2D eigenvalue weighted by molar-refractivity contribution is -0.127. The fourth-order valence-electron chi connectivity index (χ4n) is 1.79. The molecule has 0 aliphatic rings. The van der Waals surface area contributed by atoms with Crippen LogP contribution >= 0.6 is 0 Å². The first-order valence-corrected chi connectivity index (χ1v) is 7.99. The number of rotatable bonds is 8. The van der Waals surface area contributed by atoms with E-state index in [0.717, 1.165) is 5.56 Å². The minimum Gasteiger partial charge on any atom is -0.354 e. The molecule has 1 aromatic rings. The van der Waals surface area contributed by atoms with Gasteiger partial charge < -0.3 is 16.0 Å². The Morgan fingerprint density at radius 3 is 2.12 bits per heavy atom. The first-order valence-electron chi connectivity index (χ1n) is 7.99. The number of carbonyl (C=O) groups excluding carboxylic acids is 3. The van der Waals surface area contributed by atoms with Gasteiger partial charge in [-0.1, -0.05) is 44.2 Å². The van der Waals surface area contributed by atoms with Crippen molar-refractivity contribution in [2.45, 2.75) is 26.8 Å². The molecule has 130 valence electrons. The summed E-state index contributed by atoms with van der Waals surface area (Å²) in [6, 6.07) is 8.76. The molecule has 0 bridgehead atoms. The van der Waals surface area contributed by atoms with Crippen molar-refractivity contribution in [2.75, 3.05) is 13.1 Å². The van der Waals surface area contributed by atoms with Crippen molar-refractivity contribution in [2.24, 2.45) is 5.92 Å². The Labute approximate surface area is 142 Å². The van der Waals surface area contributed by atoms with Crippen molar-refractivity contribution in [3.8, 4) is 0 Å². The second-order valence-corrected chi connectivity index (χ2v) is 5.71. The predicted octanol–water partition coefficient (Wildman–Crippen LogP) is 1.09. The molecule has 3 N–H and O–H groups in total. The van der Waals surface area contributed by atoms with Crippen LogP contribution in [0.15, 0.2) is 36.4 Å². The van der Waals surface area contributed by atoms with Crippen LogP contribution in [-0.4, -0.2) is 36.9 Å². The Bertz CT molecular complexity index is 582. The lowest BCUT2D eigenvalue weighted by Crippen LogP contribution is -2.46. The number of benzene rings is 1. The molecule has 0 radical (unpaired) electrons. The molecule has 3 amide bonds. The number of amides is 3. The van der Waals surface area contributed by atoms with Gasteiger partial charge in [0.25, 0.3) is 0 Å². The fourth-order valence-corrected chi connectivity index (χ4v) is 1.79. The van der Waals surface area contributed by atoms with Gasteiger partial charge in [0.1, 0.15) is 6.04 Å². The molecule has 0 spiro atoms. The van der Waals surface area contributed by atoms with Crippen molar-refractivity contribution >= 4 is 23.8 Å². The first-order chi connectivity index (χ1) is 11.4. The Balaban J connectivity index is 2.29. The summed E-state index contributed by atoms with van der Waals surface area (Å²) >= 11 is 0. The molecule has 0 aliphatic heterocycles. The molecule has 24 heavy (non-hydrogen) atoms. The molecule has 0 saturated carbocycles. The van der Waals surface area contributed by atoms with Crippen molar-refractivity contribution in [3.05, 3.63) is 42.0 Å². The molecule has 1 atom stereocenters. The van der Waals surface area contributed by atoms with Gasteiger partial charge in [-0.25, -0.2) is 0 Å². The summed E-state index contributed by atoms with van der Waals surface area (Å²) in [7, 11) is 0. The largest absolute Gasteiger partial charge is 0.354 e. The highest BCUT2D eigenvalue weighted by molar-refractivity contribution is 5.95. The van der Waals surface area contributed by atoms with Crippen molar-refractivity contribution in [3.63, 3.8) is 0 Å². The molecule has 1 unspecified atom stereocenters. The summed E-state index contributed by atoms with van der Waals surface area (Å²) in [5.74, 6) is -0.781. The highest BCUT2D eigenvalue weighted by atomic mass is 16.2. The third kappa shape index (κ3) is 7.58. The third-order valence-corrected chi connectivity index (χ3v) is 3.23. The molecule has 0 fully saturated rings. The van der Waals surface area contributed by atoms with Crippen LogP contribution in [0.25, 0.3) is 6.08 Å². The van der Waals surface area contributed by atoms with Crippen LogP contribution in [0.1, 0.15) is 26.3 Å². The Morgan fingerprint density at radius 1 is 0.958 bits per heavy atom. The van der Waals surface area contributed by atoms with Gasteiger partial charge in [0, 0.05) is 25.1 Å². The summed E-state index contributed by atoms with van der Waals surface area (Å²) < 4.78 is 0. The van der Waals surface area contributed by atoms with E-state index in [-0.39, 0.29) is 23.6 Å². The molecule has 6 heteroatoms. The van der Waals surface area contributed by atoms with Crippen LogP contribution in [0.3, 0.4) is 0 Å². The van der Waals surface area contributed by atoms with Crippen LogP contribution < -0.4 is 16.0 Å². The average Bonchev–Trinajstić information content (AvgIpc) is 2.57. The zero-order valence-corrected chi connectivity index (χ0v) is 14.3. The van der Waals surface area contributed by atoms with Crippen LogP contribution in [-0.2, 0) is 14.4 Å². The van der Waals surface area contributed by atoms with Gasteiger partial charge in [0.15, 0.2) is 0 Å². The number of hydrogen-bond acceptors (Lipinski definition) is 3. The lowest BCUT2D eigenvalue weighted by atomic mass is 10.2. The Hall–Kier alpha value is -2.63. The zero-order chi connectivity index (χ0) is 17.9. The van der Waals surface area contributed by atoms with Gasteiger partial charge in [-0.15, -0.1) is 0 Å². The molecular formula is C18H25N3O3. The first kappa shape index (κ1) is 19.4. The van der Waals surface area contributed by atoms with Gasteiger partial charge in [0.05, 0.1) is 0 Å². The molecular weight excluding hydrogens is 306 g/mol. The minimum absolute atomic E-state index is 0.0587. The average molecular weight is 331 g/mol. The second-order valence-electron chi connectivity index (χ2n) is 5.71. The minimum atomic E-state index is -0.654. The van der Waals surface area contributed by atoms with E-state index in [1.54, 1.807) is 26.8 Å². The van der Waals surface area contributed by atoms with Gasteiger partial charge in [-0.05, 0) is 18.6 Å². The number of hydrogen-bond donors (Lipinski definition) is 3. The summed E-state index contributed by atoms with van der Waals surface area (Å²) in [6.07, 6.45) is 3.07. The number of carbonyl (C=O) groups is 3. The van der Waals surface area contributed by atoms with Crippen LogP contribution in [0.2, 0.25) is 0 Å². The van der Waals surface area contributed by atoms with Gasteiger partial charge in [0.2, 0.25) is 17.7 Å². The smallest absolute Gasteiger partial charge is 0.244 e. The molecule has 0 aromatic heterocycles. The van der Waals surface area contributed by atoms with Crippen LogP contribution in [0, 0.1) is 5.92 Å². The van der Waals surface area contributed by atoms with E-state index < -0.39 is 6.04 Å². The number of nitrogens with one attached hydrogen (secondary N) is 3. The second kappa shape index (κ2) is 10.2. The quantitative estimate of drug-likeness (QED) is 0.492. The predicted molar refractivity (Wildman–Crippen MR) is 93.9 cm³/mol. The monoisotopic (exact) mass is 331 g/mol. The van der Waals surface area contributed by atoms with Crippen LogP contribution in [0.4, 0.5) is 0 Å². The van der Waals surface area contributed by atoms with E-state index in [9.17, 15) is 14.4 Å². The van der Waals surface area contributed by atoms with Gasteiger partial charge >= 0.3 is 0 Å². The summed E-state index contributed by atoms with van der Waals surface area (Å²) in [5.41, 5.74) is 0.908. The van der Waals surface area contributed by atoms with Crippen molar-refractivity contribution in [1.82, 2.24) is 16.0 Å². The summed E-state index contributed by atoms with van der Waals surface area (Å²) in [4.78, 5) is 35.0. The summed E-state index contributed by atoms with van der Waals surface area (Å²) in [6.45, 7) is 5.88.